The molecule has 2 N–H and O–H groups in total. The Hall–Kier alpha value is -4.53. The average Bonchev–Trinajstić information content (AvgIpc) is 2.69. The number of carbonyl (C=O) groups is 1. The van der Waals surface area contributed by atoms with Crippen LogP contribution in [0.2, 0.25) is 0 Å². The first-order valence-electron chi connectivity index (χ1n) is 7.85. The number of hydrogen-bond acceptors (Lipinski definition) is 9. The van der Waals surface area contributed by atoms with Crippen molar-refractivity contribution in [2.45, 2.75) is 6.92 Å². The molecule has 0 aliphatic heterocycles. The molecule has 29 heavy (non-hydrogen) atoms. The highest BCUT2D eigenvalue weighted by Crippen LogP contribution is 2.37. The minimum absolute atomic E-state index is 0.228. The summed E-state index contributed by atoms with van der Waals surface area (Å²) in [4.78, 5) is 31.3. The number of ether oxygens (including phenoxy) is 1. The predicted octanol–water partition coefficient (Wildman–Crippen LogP) is 2.67. The number of benzene rings is 2. The normalized spacial score (nSPS) is 10.7. The number of anilines is 1. The molecule has 148 valence electrons. The maximum absolute atomic E-state index is 11.3. The third-order valence-electron chi connectivity index (χ3n) is 3.60. The van der Waals surface area contributed by atoms with Gasteiger partial charge in [-0.15, -0.1) is 0 Å². The van der Waals surface area contributed by atoms with Crippen molar-refractivity contribution in [1.29, 1.82) is 5.26 Å². The van der Waals surface area contributed by atoms with E-state index in [1.807, 2.05) is 6.07 Å². The van der Waals surface area contributed by atoms with Crippen LogP contribution in [0.25, 0.3) is 0 Å². The Bertz CT molecular complexity index is 1040. The molecule has 0 aromatic heterocycles. The molecule has 0 spiro atoms. The maximum atomic E-state index is 11.3. The highest BCUT2D eigenvalue weighted by Gasteiger charge is 2.26. The Morgan fingerprint density at radius 3 is 2.34 bits per heavy atom. The number of aliphatic carboxylic acids is 1. The van der Waals surface area contributed by atoms with Crippen molar-refractivity contribution in [1.82, 2.24) is 0 Å². The third-order valence-corrected chi connectivity index (χ3v) is 3.60. The van der Waals surface area contributed by atoms with Crippen molar-refractivity contribution in [2.75, 3.05) is 12.0 Å². The summed E-state index contributed by atoms with van der Waals surface area (Å²) in [5.41, 5.74) is 2.31. The minimum Gasteiger partial charge on any atom is -0.479 e. The van der Waals surface area contributed by atoms with Gasteiger partial charge < -0.3 is 9.84 Å². The molecular formula is C17H13N5O7. The number of carboxylic acids is 1. The highest BCUT2D eigenvalue weighted by molar-refractivity contribution is 5.99. The van der Waals surface area contributed by atoms with Crippen molar-refractivity contribution >= 4 is 28.7 Å². The summed E-state index contributed by atoms with van der Waals surface area (Å²) in [6.07, 6.45) is 0. The lowest BCUT2D eigenvalue weighted by Crippen LogP contribution is -2.11. The van der Waals surface area contributed by atoms with Gasteiger partial charge in [0.1, 0.15) is 11.8 Å². The number of nitro groups is 2. The summed E-state index contributed by atoms with van der Waals surface area (Å²) in [5, 5.41) is 43.9. The minimum atomic E-state index is -1.37. The molecule has 0 unspecified atom stereocenters. The van der Waals surface area contributed by atoms with E-state index in [2.05, 4.69) is 10.5 Å². The number of hydrazone groups is 1. The van der Waals surface area contributed by atoms with Crippen molar-refractivity contribution in [3.8, 4) is 11.8 Å². The second kappa shape index (κ2) is 8.91. The summed E-state index contributed by atoms with van der Waals surface area (Å²) < 4.78 is 4.87. The Morgan fingerprint density at radius 2 is 1.83 bits per heavy atom. The molecule has 0 radical (unpaired) electrons. The first-order chi connectivity index (χ1) is 13.7. The van der Waals surface area contributed by atoms with Crippen LogP contribution in [0.1, 0.15) is 18.1 Å². The topological polar surface area (TPSA) is 181 Å². The monoisotopic (exact) mass is 399 g/mol. The number of nitrogens with one attached hydrogen (secondary N) is 1. The van der Waals surface area contributed by atoms with E-state index in [0.29, 0.717) is 22.9 Å². The van der Waals surface area contributed by atoms with Crippen LogP contribution in [0.15, 0.2) is 41.5 Å². The van der Waals surface area contributed by atoms with Crippen LogP contribution in [0.3, 0.4) is 0 Å². The zero-order valence-corrected chi connectivity index (χ0v) is 14.9. The van der Waals surface area contributed by atoms with Gasteiger partial charge in [0.2, 0.25) is 0 Å². The lowest BCUT2D eigenvalue weighted by Gasteiger charge is -2.09. The first-order valence-corrected chi connectivity index (χ1v) is 7.85. The van der Waals surface area contributed by atoms with Crippen LogP contribution in [0.4, 0.5) is 17.1 Å². The van der Waals surface area contributed by atoms with Gasteiger partial charge in [-0.25, -0.2) is 4.79 Å². The van der Waals surface area contributed by atoms with Gasteiger partial charge in [0, 0.05) is 6.07 Å². The highest BCUT2D eigenvalue weighted by atomic mass is 16.6. The van der Waals surface area contributed by atoms with E-state index < -0.39 is 39.5 Å². The van der Waals surface area contributed by atoms with Crippen molar-refractivity contribution in [2.24, 2.45) is 5.10 Å². The molecule has 12 nitrogen and oxygen atoms in total. The third kappa shape index (κ3) is 5.23. The molecule has 0 fully saturated rings. The fourth-order valence-electron chi connectivity index (χ4n) is 2.19. The van der Waals surface area contributed by atoms with Crippen LogP contribution >= 0.6 is 0 Å². The van der Waals surface area contributed by atoms with Gasteiger partial charge in [0.15, 0.2) is 12.4 Å². The molecule has 0 atom stereocenters. The number of carboxylic acid groups (broad SMARTS) is 1. The van der Waals surface area contributed by atoms with Crippen molar-refractivity contribution in [3.63, 3.8) is 0 Å². The van der Waals surface area contributed by atoms with E-state index in [1.54, 1.807) is 31.2 Å². The quantitative estimate of drug-likeness (QED) is 0.383. The van der Waals surface area contributed by atoms with Gasteiger partial charge in [0.05, 0.1) is 27.2 Å². The van der Waals surface area contributed by atoms with Crippen LogP contribution in [0, 0.1) is 31.6 Å². The summed E-state index contributed by atoms with van der Waals surface area (Å²) in [6.45, 7) is 0.735. The number of hydrogen-bond donors (Lipinski definition) is 2. The summed E-state index contributed by atoms with van der Waals surface area (Å²) in [7, 11) is 0. The maximum Gasteiger partial charge on any atom is 0.341 e. The molecule has 0 amide bonds. The van der Waals surface area contributed by atoms with Gasteiger partial charge in [-0.1, -0.05) is 12.1 Å². The fourth-order valence-corrected chi connectivity index (χ4v) is 2.19. The van der Waals surface area contributed by atoms with E-state index in [4.69, 9.17) is 15.1 Å². The lowest BCUT2D eigenvalue weighted by atomic mass is 10.1. The van der Waals surface area contributed by atoms with E-state index in [0.717, 1.165) is 6.07 Å². The molecule has 12 heteroatoms. The van der Waals surface area contributed by atoms with Gasteiger partial charge >= 0.3 is 17.3 Å². The van der Waals surface area contributed by atoms with E-state index in [9.17, 15) is 25.0 Å². The molecule has 2 aromatic rings. The fraction of sp³-hybridized carbons (Fsp3) is 0.118. The molecular weight excluding hydrogens is 386 g/mol. The summed E-state index contributed by atoms with van der Waals surface area (Å²) >= 11 is 0. The Morgan fingerprint density at radius 1 is 1.21 bits per heavy atom. The van der Waals surface area contributed by atoms with Gasteiger partial charge in [-0.3, -0.25) is 25.7 Å². The number of nitrogens with zero attached hydrogens (tertiary/aromatic N) is 4. The molecule has 0 saturated heterocycles. The largest absolute Gasteiger partial charge is 0.479 e. The van der Waals surface area contributed by atoms with Gasteiger partial charge in [0.25, 0.3) is 0 Å². The van der Waals surface area contributed by atoms with E-state index in [1.165, 1.54) is 0 Å². The number of nitriles is 1. The van der Waals surface area contributed by atoms with Crippen LogP contribution in [-0.4, -0.2) is 33.2 Å². The molecule has 0 saturated carbocycles. The molecule has 2 aromatic carbocycles. The van der Waals surface area contributed by atoms with Crippen molar-refractivity contribution < 1.29 is 24.5 Å². The van der Waals surface area contributed by atoms with Crippen LogP contribution in [0.5, 0.6) is 5.75 Å². The number of rotatable bonds is 8. The zero-order valence-electron chi connectivity index (χ0n) is 14.9. The Labute approximate surface area is 162 Å². The zero-order chi connectivity index (χ0) is 21.6. The standard InChI is InChI=1S/C17H13N5O7/c1-10(12-4-2-11(8-18)3-5-12)19-20-13-6-16(29-9-17(23)24)15(22(27)28)7-14(13)21(25)26/h2-7,20H,9H2,1H3,(H,23,24)/b19-10-. The molecule has 0 aliphatic carbocycles. The van der Waals surface area contributed by atoms with Crippen LogP contribution < -0.4 is 10.2 Å². The second-order valence-electron chi connectivity index (χ2n) is 5.53. The predicted molar refractivity (Wildman–Crippen MR) is 99.9 cm³/mol. The van der Waals surface area contributed by atoms with E-state index in [-0.39, 0.29) is 5.69 Å². The Kier molecular flexibility index (Phi) is 6.38. The SMILES string of the molecule is C/C(=N/Nc1cc(OCC(=O)O)c([N+](=O)[O-])cc1[N+](=O)[O-])c1ccc(C#N)cc1. The average molecular weight is 399 g/mol. The van der Waals surface area contributed by atoms with Gasteiger partial charge in [-0.05, 0) is 24.6 Å². The van der Waals surface area contributed by atoms with Gasteiger partial charge in [-0.2, -0.15) is 10.4 Å². The molecule has 0 aliphatic rings. The first kappa shape index (κ1) is 20.8. The Balaban J connectivity index is 2.41. The number of nitro benzene ring substituents is 2. The second-order valence-corrected chi connectivity index (χ2v) is 5.53. The van der Waals surface area contributed by atoms with Crippen LogP contribution in [-0.2, 0) is 4.79 Å². The van der Waals surface area contributed by atoms with Crippen molar-refractivity contribution in [3.05, 3.63) is 67.8 Å². The summed E-state index contributed by atoms with van der Waals surface area (Å²) in [5.74, 6) is -1.83. The molecule has 0 bridgehead atoms. The smallest absolute Gasteiger partial charge is 0.341 e. The van der Waals surface area contributed by atoms with E-state index >= 15 is 0 Å². The lowest BCUT2D eigenvalue weighted by molar-refractivity contribution is -0.394. The molecule has 0 heterocycles. The summed E-state index contributed by atoms with van der Waals surface area (Å²) in [6, 6.07) is 9.97. The molecule has 2 rings (SSSR count).